The molecule has 1 aromatic rings. The summed E-state index contributed by atoms with van der Waals surface area (Å²) in [6.07, 6.45) is 1.05. The molecule has 1 aliphatic rings. The Hall–Kier alpha value is -3.92. The molecule has 1 aliphatic heterocycles. The molecule has 1 fully saturated rings. The predicted octanol–water partition coefficient (Wildman–Crippen LogP) is 4.95. The molecule has 2 amide bonds. The van der Waals surface area contributed by atoms with Crippen LogP contribution in [0.1, 0.15) is 125 Å². The lowest BCUT2D eigenvalue weighted by Gasteiger charge is -2.37. The van der Waals surface area contributed by atoms with Gasteiger partial charge in [-0.25, -0.2) is 0 Å². The van der Waals surface area contributed by atoms with Crippen molar-refractivity contribution in [2.75, 3.05) is 163 Å². The van der Waals surface area contributed by atoms with Crippen LogP contribution in [0.5, 0.6) is 0 Å². The third-order valence-corrected chi connectivity index (χ3v) is 13.9. The molecular weight excluding hydrogens is 1160 g/mol. The van der Waals surface area contributed by atoms with Crippen molar-refractivity contribution >= 4 is 57.3 Å². The van der Waals surface area contributed by atoms with Gasteiger partial charge >= 0.3 is 23.9 Å². The summed E-state index contributed by atoms with van der Waals surface area (Å²) in [4.78, 5) is 87.6. The molecule has 1 saturated heterocycles. The van der Waals surface area contributed by atoms with Crippen molar-refractivity contribution in [3.63, 3.8) is 0 Å². The summed E-state index contributed by atoms with van der Waals surface area (Å²) in [5.41, 5.74) is 7.32. The summed E-state index contributed by atoms with van der Waals surface area (Å²) in [5.74, 6) is -2.04. The van der Waals surface area contributed by atoms with Crippen LogP contribution in [-0.4, -0.2) is 247 Å². The van der Waals surface area contributed by atoms with Crippen LogP contribution in [0.3, 0.4) is 0 Å². The standard InChI is InChI=1S/C61H109BrN8O15/c1-45-40-46(2)56(47(3)55(45)62)66-51(72)18-16-48(63)41-64-20-30-77-32-34-79-36-38-81-39-37-80-35-33-78-31-21-65-50(71)19-17-49(57(76)85-61(13,14)15)70-28-26-68(43-53(74)83-59(7,8)9)24-22-67(42-52(73)82-58(4,5)6)23-25-69(27-29-70)44-54(75)84-60(10,11)12/h40,48-49,64H,16-39,41-44,63H2,1-15H3,(H,65,71)(H,66,72)/t48-,49?/m1/s1. The van der Waals surface area contributed by atoms with Crippen molar-refractivity contribution in [2.24, 2.45) is 5.73 Å². The summed E-state index contributed by atoms with van der Waals surface area (Å²) in [7, 11) is 0. The quantitative estimate of drug-likeness (QED) is 0.0398. The zero-order valence-corrected chi connectivity index (χ0v) is 56.0. The first-order valence-corrected chi connectivity index (χ1v) is 31.0. The Labute approximate surface area is 516 Å². The topological polar surface area (TPSA) is 261 Å². The number of rotatable bonds is 35. The maximum atomic E-state index is 14.2. The normalized spacial score (nSPS) is 15.7. The van der Waals surface area contributed by atoms with Crippen LogP contribution < -0.4 is 21.7 Å². The van der Waals surface area contributed by atoms with Gasteiger partial charge in [-0.05, 0) is 133 Å². The second-order valence-corrected chi connectivity index (χ2v) is 26.3. The number of aryl methyl sites for hydroxylation is 2. The highest BCUT2D eigenvalue weighted by atomic mass is 79.9. The van der Waals surface area contributed by atoms with E-state index in [9.17, 15) is 28.8 Å². The van der Waals surface area contributed by atoms with Gasteiger partial charge in [-0.1, -0.05) is 22.0 Å². The lowest BCUT2D eigenvalue weighted by atomic mass is 10.0. The maximum Gasteiger partial charge on any atom is 0.323 e. The fourth-order valence-corrected chi connectivity index (χ4v) is 9.15. The molecule has 2 atom stereocenters. The molecule has 1 heterocycles. The van der Waals surface area contributed by atoms with E-state index in [2.05, 4.69) is 37.9 Å². The highest BCUT2D eigenvalue weighted by Crippen LogP contribution is 2.31. The van der Waals surface area contributed by atoms with E-state index in [4.69, 9.17) is 48.4 Å². The van der Waals surface area contributed by atoms with Gasteiger partial charge in [0.15, 0.2) is 0 Å². The number of carbonyl (C=O) groups excluding carboxylic acids is 6. The Bertz CT molecular complexity index is 2120. The average Bonchev–Trinajstić information content (AvgIpc) is 2.77. The monoisotopic (exact) mass is 1270 g/mol. The minimum atomic E-state index is -0.855. The van der Waals surface area contributed by atoms with Crippen molar-refractivity contribution in [3.8, 4) is 0 Å². The van der Waals surface area contributed by atoms with Gasteiger partial charge in [-0.15, -0.1) is 0 Å². The van der Waals surface area contributed by atoms with Gasteiger partial charge in [0.2, 0.25) is 11.8 Å². The highest BCUT2D eigenvalue weighted by molar-refractivity contribution is 9.10. The molecule has 0 bridgehead atoms. The molecular formula is C61H109BrN8O15. The Morgan fingerprint density at radius 2 is 0.894 bits per heavy atom. The summed E-state index contributed by atoms with van der Waals surface area (Å²) < 4.78 is 52.2. The van der Waals surface area contributed by atoms with Crippen molar-refractivity contribution < 1.29 is 71.4 Å². The number of hydrogen-bond acceptors (Lipinski definition) is 21. The number of carbonyl (C=O) groups is 6. The molecule has 5 N–H and O–H groups in total. The molecule has 0 aliphatic carbocycles. The fourth-order valence-electron chi connectivity index (χ4n) is 8.83. The third-order valence-electron chi connectivity index (χ3n) is 12.7. The highest BCUT2D eigenvalue weighted by Gasteiger charge is 2.33. The van der Waals surface area contributed by atoms with Crippen LogP contribution >= 0.6 is 15.9 Å². The zero-order chi connectivity index (χ0) is 63.8. The molecule has 0 spiro atoms. The first-order valence-electron chi connectivity index (χ1n) is 30.2. The van der Waals surface area contributed by atoms with E-state index >= 15 is 0 Å². The number of nitrogens with zero attached hydrogens (tertiary/aromatic N) is 4. The number of esters is 4. The molecule has 0 saturated carbocycles. The van der Waals surface area contributed by atoms with E-state index in [-0.39, 0.29) is 63.5 Å². The summed E-state index contributed by atoms with van der Waals surface area (Å²) in [6.45, 7) is 35.7. The zero-order valence-electron chi connectivity index (χ0n) is 54.4. The van der Waals surface area contributed by atoms with Crippen molar-refractivity contribution in [2.45, 2.75) is 164 Å². The third kappa shape index (κ3) is 38.2. The molecule has 2 rings (SSSR count). The Morgan fingerprint density at radius 3 is 1.31 bits per heavy atom. The van der Waals surface area contributed by atoms with Crippen LogP contribution in [0.2, 0.25) is 0 Å². The summed E-state index contributed by atoms with van der Waals surface area (Å²) in [5, 5.41) is 9.21. The second-order valence-electron chi connectivity index (χ2n) is 25.5. The van der Waals surface area contributed by atoms with Gasteiger partial charge in [0.05, 0.1) is 85.7 Å². The van der Waals surface area contributed by atoms with E-state index < -0.39 is 52.3 Å². The van der Waals surface area contributed by atoms with E-state index in [1.165, 1.54) is 0 Å². The molecule has 1 aromatic carbocycles. The average molecular weight is 1270 g/mol. The lowest BCUT2D eigenvalue weighted by molar-refractivity contribution is -0.163. The molecule has 0 aromatic heterocycles. The molecule has 24 heteroatoms. The minimum Gasteiger partial charge on any atom is -0.459 e. The first kappa shape index (κ1) is 77.2. The molecule has 23 nitrogen and oxygen atoms in total. The number of nitrogens with one attached hydrogen (secondary N) is 3. The Morgan fingerprint density at radius 1 is 0.518 bits per heavy atom. The van der Waals surface area contributed by atoms with Crippen molar-refractivity contribution in [1.82, 2.24) is 30.2 Å². The van der Waals surface area contributed by atoms with Crippen LogP contribution in [0.4, 0.5) is 5.69 Å². The molecule has 1 unspecified atom stereocenters. The molecule has 490 valence electrons. The van der Waals surface area contributed by atoms with Gasteiger partial charge in [0, 0.05) is 101 Å². The van der Waals surface area contributed by atoms with E-state index in [0.717, 1.165) is 26.9 Å². The predicted molar refractivity (Wildman–Crippen MR) is 331 cm³/mol. The van der Waals surface area contributed by atoms with Crippen LogP contribution in [0.25, 0.3) is 0 Å². The van der Waals surface area contributed by atoms with Crippen molar-refractivity contribution in [1.29, 1.82) is 0 Å². The van der Waals surface area contributed by atoms with E-state index in [1.54, 1.807) is 62.3 Å². The van der Waals surface area contributed by atoms with Gasteiger partial charge in [-0.3, -0.25) is 48.4 Å². The van der Waals surface area contributed by atoms with E-state index in [0.29, 0.717) is 138 Å². The number of anilines is 1. The number of halogens is 1. The largest absolute Gasteiger partial charge is 0.459 e. The number of ether oxygens (including phenoxy) is 9. The van der Waals surface area contributed by atoms with E-state index in [1.807, 2.05) is 61.1 Å². The van der Waals surface area contributed by atoms with Gasteiger partial charge in [-0.2, -0.15) is 0 Å². The van der Waals surface area contributed by atoms with Gasteiger partial charge in [0.1, 0.15) is 28.4 Å². The number of amides is 2. The first-order chi connectivity index (χ1) is 39.7. The van der Waals surface area contributed by atoms with Gasteiger partial charge in [0.25, 0.3) is 0 Å². The Balaban J connectivity index is 1.80. The fraction of sp³-hybridized carbons (Fsp3) is 0.803. The summed E-state index contributed by atoms with van der Waals surface area (Å²) in [6, 6.07) is 1.04. The maximum absolute atomic E-state index is 14.2. The number of hydrogen-bond donors (Lipinski definition) is 4. The Kier molecular flexibility index (Phi) is 36.2. The van der Waals surface area contributed by atoms with Crippen LogP contribution in [-0.2, 0) is 71.4 Å². The SMILES string of the molecule is Cc1cc(C)c(NC(=O)CC[C@@H](N)CNCCOCCOCCOCCOCCOCCNC(=O)CCC(C(=O)OC(C)(C)C)N2CCN(CC(=O)OC(C)(C)C)CCN(CC(=O)OC(C)(C)C)CCN(CC(=O)OC(C)(C)C)CC2)c(C)c1Br. The lowest BCUT2D eigenvalue weighted by Crippen LogP contribution is -2.53. The smallest absolute Gasteiger partial charge is 0.323 e. The molecule has 0 radical (unpaired) electrons. The number of benzene rings is 1. The summed E-state index contributed by atoms with van der Waals surface area (Å²) >= 11 is 3.60. The number of nitrogens with two attached hydrogens (primary N) is 1. The van der Waals surface area contributed by atoms with Crippen LogP contribution in [0, 0.1) is 20.8 Å². The van der Waals surface area contributed by atoms with Crippen LogP contribution in [0.15, 0.2) is 10.5 Å². The van der Waals surface area contributed by atoms with Gasteiger partial charge < -0.3 is 64.3 Å². The van der Waals surface area contributed by atoms with Crippen molar-refractivity contribution in [3.05, 3.63) is 27.2 Å². The second kappa shape index (κ2) is 39.9. The molecule has 85 heavy (non-hydrogen) atoms. The minimum absolute atomic E-state index is 0.000791.